The summed E-state index contributed by atoms with van der Waals surface area (Å²) in [7, 11) is -0.919. The Morgan fingerprint density at radius 1 is 1.12 bits per heavy atom. The van der Waals surface area contributed by atoms with Gasteiger partial charge in [0.1, 0.15) is 0 Å². The number of H-pyrrole nitrogens is 1. The van der Waals surface area contributed by atoms with E-state index in [9.17, 15) is 21.6 Å². The number of hydrogen-bond acceptors (Lipinski definition) is 3. The molecule has 0 aliphatic heterocycles. The highest BCUT2D eigenvalue weighted by Crippen LogP contribution is 2.37. The highest BCUT2D eigenvalue weighted by Gasteiger charge is 2.32. The minimum Gasteiger partial charge on any atom is -0.278 e. The number of halogens is 3. The summed E-state index contributed by atoms with van der Waals surface area (Å²) in [6.07, 6.45) is -3.11. The highest BCUT2D eigenvalue weighted by molar-refractivity contribution is 7.89. The maximum absolute atomic E-state index is 13.2. The van der Waals surface area contributed by atoms with E-state index in [1.807, 2.05) is 0 Å². The fraction of sp³-hybridized carbons (Fsp3) is 0.188. The van der Waals surface area contributed by atoms with Crippen LogP contribution in [0.15, 0.2) is 47.5 Å². The first-order valence-electron chi connectivity index (χ1n) is 7.18. The van der Waals surface area contributed by atoms with Gasteiger partial charge in [-0.15, -0.1) is 0 Å². The van der Waals surface area contributed by atoms with Crippen molar-refractivity contribution in [3.8, 4) is 11.1 Å². The smallest absolute Gasteiger partial charge is 0.278 e. The number of aromatic amines is 1. The Hall–Kier alpha value is -2.39. The average molecular weight is 369 g/mol. The minimum absolute atomic E-state index is 0.00376. The minimum atomic E-state index is -4.53. The topological polar surface area (TPSA) is 66.1 Å². The van der Waals surface area contributed by atoms with Gasteiger partial charge in [-0.05, 0) is 35.4 Å². The molecule has 0 spiro atoms. The van der Waals surface area contributed by atoms with Crippen LogP contribution in [0.1, 0.15) is 5.56 Å². The molecule has 0 aliphatic carbocycles. The van der Waals surface area contributed by atoms with Crippen LogP contribution in [0.25, 0.3) is 22.0 Å². The molecule has 5 nitrogen and oxygen atoms in total. The summed E-state index contributed by atoms with van der Waals surface area (Å²) in [6.45, 7) is 0. The van der Waals surface area contributed by atoms with Gasteiger partial charge in [0.25, 0.3) is 0 Å². The molecule has 0 saturated carbocycles. The van der Waals surface area contributed by atoms with Crippen molar-refractivity contribution in [2.45, 2.75) is 11.1 Å². The van der Waals surface area contributed by atoms with E-state index >= 15 is 0 Å². The SMILES string of the molecule is CN(C)S(=O)(=O)c1cccc(-c2cc(C(F)(F)F)cc3[nH]ncc23)c1. The quantitative estimate of drug-likeness (QED) is 0.768. The molecule has 0 saturated heterocycles. The number of hydrogen-bond donors (Lipinski definition) is 1. The van der Waals surface area contributed by atoms with E-state index in [4.69, 9.17) is 0 Å². The van der Waals surface area contributed by atoms with Crippen LogP contribution in [0.2, 0.25) is 0 Å². The monoisotopic (exact) mass is 369 g/mol. The van der Waals surface area contributed by atoms with Crippen molar-refractivity contribution in [1.29, 1.82) is 0 Å². The standard InChI is InChI=1S/C16H14F3N3O2S/c1-22(2)25(23,24)12-5-3-4-10(6-12)13-7-11(16(17,18)19)8-15-14(13)9-20-21-15/h3-9H,1-2H3,(H,20,21). The highest BCUT2D eigenvalue weighted by atomic mass is 32.2. The molecule has 9 heteroatoms. The van der Waals surface area contributed by atoms with E-state index in [2.05, 4.69) is 10.2 Å². The van der Waals surface area contributed by atoms with Crippen LogP contribution in [-0.4, -0.2) is 37.0 Å². The Labute approximate surface area is 142 Å². The maximum atomic E-state index is 13.2. The first kappa shape index (κ1) is 17.4. The fourth-order valence-corrected chi connectivity index (χ4v) is 3.44. The normalized spacial score (nSPS) is 12.9. The Morgan fingerprint density at radius 2 is 1.84 bits per heavy atom. The van der Waals surface area contributed by atoms with Gasteiger partial charge in [-0.25, -0.2) is 12.7 Å². The van der Waals surface area contributed by atoms with Crippen LogP contribution in [0.4, 0.5) is 13.2 Å². The van der Waals surface area contributed by atoms with Crippen molar-refractivity contribution in [2.75, 3.05) is 14.1 Å². The number of sulfonamides is 1. The van der Waals surface area contributed by atoms with Crippen molar-refractivity contribution in [2.24, 2.45) is 0 Å². The Kier molecular flexibility index (Phi) is 4.08. The van der Waals surface area contributed by atoms with Gasteiger partial charge < -0.3 is 0 Å². The molecule has 2 aromatic carbocycles. The van der Waals surface area contributed by atoms with E-state index < -0.39 is 21.8 Å². The van der Waals surface area contributed by atoms with Gasteiger partial charge in [0.05, 0.1) is 22.2 Å². The summed E-state index contributed by atoms with van der Waals surface area (Å²) in [5.74, 6) is 0. The van der Waals surface area contributed by atoms with E-state index in [-0.39, 0.29) is 16.0 Å². The lowest BCUT2D eigenvalue weighted by Gasteiger charge is -2.14. The van der Waals surface area contributed by atoms with Crippen LogP contribution in [-0.2, 0) is 16.2 Å². The molecule has 132 valence electrons. The van der Waals surface area contributed by atoms with Gasteiger partial charge in [0, 0.05) is 19.5 Å². The van der Waals surface area contributed by atoms with Crippen LogP contribution >= 0.6 is 0 Å². The van der Waals surface area contributed by atoms with Gasteiger partial charge >= 0.3 is 6.18 Å². The van der Waals surface area contributed by atoms with E-state index in [0.717, 1.165) is 16.4 Å². The van der Waals surface area contributed by atoms with Gasteiger partial charge in [-0.3, -0.25) is 5.10 Å². The second-order valence-electron chi connectivity index (χ2n) is 5.67. The Bertz CT molecular complexity index is 1040. The van der Waals surface area contributed by atoms with Crippen LogP contribution < -0.4 is 0 Å². The lowest BCUT2D eigenvalue weighted by Crippen LogP contribution is -2.22. The third kappa shape index (κ3) is 3.12. The van der Waals surface area contributed by atoms with E-state index in [1.165, 1.54) is 38.5 Å². The van der Waals surface area contributed by atoms with E-state index in [1.54, 1.807) is 6.07 Å². The molecule has 0 unspecified atom stereocenters. The summed E-state index contributed by atoms with van der Waals surface area (Å²) in [5.41, 5.74) is 0.0145. The first-order chi connectivity index (χ1) is 11.6. The molecule has 1 heterocycles. The number of alkyl halides is 3. The summed E-state index contributed by atoms with van der Waals surface area (Å²) in [4.78, 5) is 0.00376. The molecule has 0 radical (unpaired) electrons. The average Bonchev–Trinajstić information content (AvgIpc) is 3.01. The fourth-order valence-electron chi connectivity index (χ4n) is 2.49. The van der Waals surface area contributed by atoms with Crippen molar-refractivity contribution in [3.63, 3.8) is 0 Å². The van der Waals surface area contributed by atoms with Gasteiger partial charge in [0.15, 0.2) is 0 Å². The molecular formula is C16H14F3N3O2S. The lowest BCUT2D eigenvalue weighted by molar-refractivity contribution is -0.137. The second kappa shape index (κ2) is 5.85. The van der Waals surface area contributed by atoms with Crippen LogP contribution in [0, 0.1) is 0 Å². The predicted molar refractivity (Wildman–Crippen MR) is 87.4 cm³/mol. The molecule has 25 heavy (non-hydrogen) atoms. The summed E-state index contributed by atoms with van der Waals surface area (Å²) >= 11 is 0. The number of benzene rings is 2. The van der Waals surface area contributed by atoms with Crippen molar-refractivity contribution in [3.05, 3.63) is 48.2 Å². The summed E-state index contributed by atoms with van der Waals surface area (Å²) < 4.78 is 65.1. The lowest BCUT2D eigenvalue weighted by atomic mass is 9.99. The zero-order chi connectivity index (χ0) is 18.4. The molecule has 3 aromatic rings. The van der Waals surface area contributed by atoms with Gasteiger partial charge in [-0.1, -0.05) is 12.1 Å². The molecule has 1 N–H and O–H groups in total. The number of nitrogens with one attached hydrogen (secondary N) is 1. The zero-order valence-electron chi connectivity index (χ0n) is 13.3. The zero-order valence-corrected chi connectivity index (χ0v) is 14.1. The molecule has 0 amide bonds. The van der Waals surface area contributed by atoms with Gasteiger partial charge in [0.2, 0.25) is 10.0 Å². The molecule has 0 atom stereocenters. The molecule has 0 aliphatic rings. The molecule has 0 bridgehead atoms. The molecule has 1 aromatic heterocycles. The van der Waals surface area contributed by atoms with Crippen LogP contribution in [0.5, 0.6) is 0 Å². The summed E-state index contributed by atoms with van der Waals surface area (Å²) in [6, 6.07) is 7.80. The number of aromatic nitrogens is 2. The molecule has 0 fully saturated rings. The van der Waals surface area contributed by atoms with Crippen molar-refractivity contribution < 1.29 is 21.6 Å². The molecular weight excluding hydrogens is 355 g/mol. The van der Waals surface area contributed by atoms with Crippen LogP contribution in [0.3, 0.4) is 0 Å². The van der Waals surface area contributed by atoms with E-state index in [0.29, 0.717) is 10.9 Å². The number of nitrogens with zero attached hydrogens (tertiary/aromatic N) is 2. The maximum Gasteiger partial charge on any atom is 0.416 e. The number of rotatable bonds is 3. The third-order valence-corrected chi connectivity index (χ3v) is 5.62. The van der Waals surface area contributed by atoms with Crippen molar-refractivity contribution in [1.82, 2.24) is 14.5 Å². The predicted octanol–water partition coefficient (Wildman–Crippen LogP) is 3.50. The van der Waals surface area contributed by atoms with Gasteiger partial charge in [-0.2, -0.15) is 18.3 Å². The largest absolute Gasteiger partial charge is 0.416 e. The summed E-state index contributed by atoms with van der Waals surface area (Å²) in [5, 5.41) is 6.80. The molecule has 3 rings (SSSR count). The first-order valence-corrected chi connectivity index (χ1v) is 8.62. The van der Waals surface area contributed by atoms with Crippen molar-refractivity contribution >= 4 is 20.9 Å². The Balaban J connectivity index is 2.25. The third-order valence-electron chi connectivity index (χ3n) is 3.81. The Morgan fingerprint density at radius 3 is 2.48 bits per heavy atom. The number of fused-ring (bicyclic) bond motifs is 1. The second-order valence-corrected chi connectivity index (χ2v) is 7.82.